The Morgan fingerprint density at radius 1 is 1.00 bits per heavy atom. The molecule has 1 aromatic carbocycles. The highest BCUT2D eigenvalue weighted by atomic mass is 19.1. The molecule has 0 atom stereocenters. The van der Waals surface area contributed by atoms with Gasteiger partial charge in [0.1, 0.15) is 17.1 Å². The smallest absolute Gasteiger partial charge is 0.295 e. The molecule has 0 spiro atoms. The van der Waals surface area contributed by atoms with Crippen LogP contribution in [0.25, 0.3) is 28.0 Å². The summed E-state index contributed by atoms with van der Waals surface area (Å²) in [5.74, 6) is -2.14. The third-order valence-corrected chi connectivity index (χ3v) is 9.00. The number of halogens is 1. The highest BCUT2D eigenvalue weighted by Gasteiger charge is 2.31. The Labute approximate surface area is 280 Å². The van der Waals surface area contributed by atoms with E-state index in [1.807, 2.05) is 35.2 Å². The van der Waals surface area contributed by atoms with Crippen molar-refractivity contribution in [2.45, 2.75) is 6.42 Å². The molecular formula is C32H36FN13O3. The molecule has 17 heteroatoms. The molecule has 0 radical (unpaired) electrons. The summed E-state index contributed by atoms with van der Waals surface area (Å²) in [7, 11) is 2.12. The molecule has 0 bridgehead atoms. The Bertz CT molecular complexity index is 1960. The summed E-state index contributed by atoms with van der Waals surface area (Å²) < 4.78 is 16.8. The van der Waals surface area contributed by atoms with Crippen LogP contribution in [0.5, 0.6) is 0 Å². The van der Waals surface area contributed by atoms with E-state index in [-0.39, 0.29) is 52.5 Å². The number of anilines is 1. The summed E-state index contributed by atoms with van der Waals surface area (Å²) in [6.45, 7) is 6.82. The molecule has 0 aliphatic carbocycles. The van der Waals surface area contributed by atoms with Crippen LogP contribution >= 0.6 is 0 Å². The Hall–Kier alpha value is -5.55. The number of carbonyl (C=O) groups excluding carboxylic acids is 3. The zero-order valence-corrected chi connectivity index (χ0v) is 27.0. The molecular weight excluding hydrogens is 633 g/mol. The Balaban J connectivity index is 0.991. The zero-order valence-electron chi connectivity index (χ0n) is 27.0. The first-order valence-electron chi connectivity index (χ1n) is 16.2. The van der Waals surface area contributed by atoms with Crippen molar-refractivity contribution < 1.29 is 18.8 Å². The number of nitrogens with one attached hydrogen (secondary N) is 3. The van der Waals surface area contributed by atoms with Gasteiger partial charge in [-0.3, -0.25) is 19.5 Å². The topological polar surface area (TPSA) is 177 Å². The molecule has 2 fully saturated rings. The second kappa shape index (κ2) is 13.9. The fourth-order valence-electron chi connectivity index (χ4n) is 6.20. The Morgan fingerprint density at radius 2 is 1.78 bits per heavy atom. The maximum atomic E-state index is 15.2. The number of likely N-dealkylation sites (N-methyl/N-ethyl adjacent to an activating group) is 1. The summed E-state index contributed by atoms with van der Waals surface area (Å²) in [4.78, 5) is 54.8. The average molecular weight is 670 g/mol. The van der Waals surface area contributed by atoms with Crippen LogP contribution in [0.3, 0.4) is 0 Å². The van der Waals surface area contributed by atoms with E-state index in [0.717, 1.165) is 51.0 Å². The molecule has 2 aliphatic heterocycles. The molecule has 4 aromatic heterocycles. The minimum atomic E-state index is -0.844. The van der Waals surface area contributed by atoms with Crippen LogP contribution in [0.4, 0.5) is 10.3 Å². The number of piperazine rings is 2. The van der Waals surface area contributed by atoms with Gasteiger partial charge in [-0.2, -0.15) is 9.78 Å². The lowest BCUT2D eigenvalue weighted by atomic mass is 10.1. The molecule has 0 unspecified atom stereocenters. The van der Waals surface area contributed by atoms with Crippen molar-refractivity contribution in [1.29, 1.82) is 0 Å². The normalized spacial score (nSPS) is 16.0. The zero-order chi connectivity index (χ0) is 33.9. The predicted octanol–water partition coefficient (Wildman–Crippen LogP) is 0.967. The highest BCUT2D eigenvalue weighted by molar-refractivity contribution is 6.45. The predicted molar refractivity (Wildman–Crippen MR) is 177 cm³/mol. The summed E-state index contributed by atoms with van der Waals surface area (Å²) in [6, 6.07) is 11.0. The van der Waals surface area contributed by atoms with E-state index in [9.17, 15) is 14.4 Å². The van der Waals surface area contributed by atoms with Crippen molar-refractivity contribution in [1.82, 2.24) is 60.4 Å². The number of fused-ring (bicyclic) bond motifs is 1. The third-order valence-electron chi connectivity index (χ3n) is 9.00. The van der Waals surface area contributed by atoms with Crippen LogP contribution in [0, 0.1) is 5.82 Å². The van der Waals surface area contributed by atoms with Gasteiger partial charge in [0.15, 0.2) is 5.82 Å². The summed E-state index contributed by atoms with van der Waals surface area (Å²) in [5.41, 5.74) is 1.63. The number of nitrogens with zero attached hydrogens (tertiary/aromatic N) is 10. The van der Waals surface area contributed by atoms with Gasteiger partial charge in [-0.1, -0.05) is 23.3 Å². The third kappa shape index (κ3) is 6.62. The van der Waals surface area contributed by atoms with Crippen LogP contribution in [0.15, 0.2) is 48.8 Å². The van der Waals surface area contributed by atoms with E-state index in [2.05, 4.69) is 57.9 Å². The number of pyridine rings is 1. The lowest BCUT2D eigenvalue weighted by Crippen LogP contribution is -2.51. The fourth-order valence-corrected chi connectivity index (χ4v) is 6.20. The summed E-state index contributed by atoms with van der Waals surface area (Å²) >= 11 is 0. The molecule has 6 heterocycles. The van der Waals surface area contributed by atoms with Gasteiger partial charge in [0.05, 0.1) is 28.4 Å². The maximum absolute atomic E-state index is 15.2. The van der Waals surface area contributed by atoms with Crippen LogP contribution < -0.4 is 10.2 Å². The minimum Gasteiger partial charge on any atom is -0.359 e. The lowest BCUT2D eigenvalue weighted by molar-refractivity contribution is -0.126. The van der Waals surface area contributed by atoms with E-state index in [4.69, 9.17) is 0 Å². The molecule has 49 heavy (non-hydrogen) atoms. The Morgan fingerprint density at radius 3 is 2.55 bits per heavy atom. The van der Waals surface area contributed by atoms with Gasteiger partial charge in [0, 0.05) is 65.1 Å². The number of H-pyrrole nitrogens is 2. The molecule has 254 valence electrons. The minimum absolute atomic E-state index is 0.0677. The maximum Gasteiger partial charge on any atom is 0.295 e. The number of amides is 2. The quantitative estimate of drug-likeness (QED) is 0.110. The van der Waals surface area contributed by atoms with Gasteiger partial charge < -0.3 is 29.9 Å². The Kier molecular flexibility index (Phi) is 9.08. The van der Waals surface area contributed by atoms with Gasteiger partial charge in [-0.05, 0) is 48.6 Å². The molecule has 0 saturated carbocycles. The van der Waals surface area contributed by atoms with Gasteiger partial charge in [0.25, 0.3) is 17.6 Å². The molecule has 2 saturated heterocycles. The second-order valence-electron chi connectivity index (χ2n) is 12.2. The number of carbonyl (C=O) groups is 3. The number of rotatable bonds is 10. The molecule has 5 aromatic rings. The van der Waals surface area contributed by atoms with Gasteiger partial charge in [0.2, 0.25) is 5.95 Å². The lowest BCUT2D eigenvalue weighted by Gasteiger charge is -2.34. The number of hydrogen-bond acceptors (Lipinski definition) is 11. The molecule has 7 rings (SSSR count). The standard InChI is InChI=1S/C32H36FN13O3/c1-42-10-12-43(13-11-42)9-5-8-34-30(48)25-18-24(37-38-25)27-28-26(23(33)20-36-27)22(19-35-28)29(47)31(49)44-14-16-45(17-15-44)32-39-40-41-46(32)21-6-3-2-4-7-21/h2-4,6-7,18-20,35H,5,8-17H2,1H3,(H,34,48)(H,37,38). The first kappa shape index (κ1) is 32.0. The van der Waals surface area contributed by atoms with Crippen LogP contribution in [0.2, 0.25) is 0 Å². The number of benzene rings is 1. The summed E-state index contributed by atoms with van der Waals surface area (Å²) in [5, 5.41) is 21.9. The number of Topliss-reactive ketones (excluding diaryl/α,β-unsaturated/α-hetero) is 1. The van der Waals surface area contributed by atoms with Crippen molar-refractivity contribution in [2.75, 3.05) is 77.4 Å². The van der Waals surface area contributed by atoms with Crippen molar-refractivity contribution >= 4 is 34.4 Å². The average Bonchev–Trinajstić information content (AvgIpc) is 3.92. The largest absolute Gasteiger partial charge is 0.359 e. The van der Waals surface area contributed by atoms with Gasteiger partial charge >= 0.3 is 0 Å². The van der Waals surface area contributed by atoms with Crippen molar-refractivity contribution in [3.05, 3.63) is 65.9 Å². The highest BCUT2D eigenvalue weighted by Crippen LogP contribution is 2.30. The van der Waals surface area contributed by atoms with E-state index in [1.54, 1.807) is 4.68 Å². The van der Waals surface area contributed by atoms with E-state index >= 15 is 4.39 Å². The molecule has 2 aliphatic rings. The van der Waals surface area contributed by atoms with Crippen LogP contribution in [-0.2, 0) is 4.79 Å². The SMILES string of the molecule is CN1CCN(CCCNC(=O)c2cc(-c3ncc(F)c4c(C(=O)C(=O)N5CCN(c6nnnn6-c6ccccc6)CC5)c[nH]c34)n[nH]2)CC1. The van der Waals surface area contributed by atoms with Crippen molar-refractivity contribution in [3.8, 4) is 17.1 Å². The van der Waals surface area contributed by atoms with Gasteiger partial charge in [-0.15, -0.1) is 0 Å². The fraction of sp³-hybridized carbons (Fsp3) is 0.375. The summed E-state index contributed by atoms with van der Waals surface area (Å²) in [6.07, 6.45) is 3.11. The van der Waals surface area contributed by atoms with Crippen molar-refractivity contribution in [2.24, 2.45) is 0 Å². The van der Waals surface area contributed by atoms with Crippen LogP contribution in [-0.4, -0.2) is 145 Å². The first-order chi connectivity index (χ1) is 23.9. The molecule has 3 N–H and O–H groups in total. The second-order valence-corrected chi connectivity index (χ2v) is 12.2. The number of aromatic amines is 2. The monoisotopic (exact) mass is 669 g/mol. The van der Waals surface area contributed by atoms with Gasteiger partial charge in [-0.25, -0.2) is 9.37 Å². The first-order valence-corrected chi connectivity index (χ1v) is 16.2. The van der Waals surface area contributed by atoms with E-state index < -0.39 is 17.5 Å². The number of para-hydroxylation sites is 1. The van der Waals surface area contributed by atoms with Crippen molar-refractivity contribution in [3.63, 3.8) is 0 Å². The van der Waals surface area contributed by atoms with Crippen LogP contribution in [0.1, 0.15) is 27.3 Å². The molecule has 2 amide bonds. The number of hydrogen-bond donors (Lipinski definition) is 3. The number of ketones is 1. The number of tetrazole rings is 1. The molecule has 16 nitrogen and oxygen atoms in total. The number of aromatic nitrogens is 8. The van der Waals surface area contributed by atoms with E-state index in [0.29, 0.717) is 25.6 Å². The van der Waals surface area contributed by atoms with E-state index in [1.165, 1.54) is 17.2 Å².